The van der Waals surface area contributed by atoms with Crippen LogP contribution in [0.25, 0.3) is 0 Å². The molecule has 2 fully saturated rings. The number of thioether (sulfide) groups is 1. The lowest BCUT2D eigenvalue weighted by Gasteiger charge is -2.31. The number of nitrogens with two attached hydrogens (primary N) is 1. The first-order chi connectivity index (χ1) is 11.9. The quantitative estimate of drug-likeness (QED) is 0.849. The molecule has 2 aliphatic heterocycles. The monoisotopic (exact) mass is 383 g/mol. The summed E-state index contributed by atoms with van der Waals surface area (Å²) in [6.07, 6.45) is 2.63. The number of hydrogen-bond acceptors (Lipinski definition) is 5. The van der Waals surface area contributed by atoms with Crippen molar-refractivity contribution in [3.05, 3.63) is 29.8 Å². The Kier molecular flexibility index (Phi) is 5.72. The number of carbonyl (C=O) groups is 1. The Hall–Kier alpha value is -1.09. The van der Waals surface area contributed by atoms with Crippen LogP contribution in [0.3, 0.4) is 0 Å². The average Bonchev–Trinajstić information content (AvgIpc) is 3.08. The third kappa shape index (κ3) is 4.02. The minimum absolute atomic E-state index is 0.116. The van der Waals surface area contributed by atoms with Gasteiger partial charge in [0.2, 0.25) is 10.0 Å². The molecule has 0 radical (unpaired) electrons. The summed E-state index contributed by atoms with van der Waals surface area (Å²) in [4.78, 5) is 14.7. The van der Waals surface area contributed by atoms with Gasteiger partial charge >= 0.3 is 0 Å². The number of benzene rings is 1. The highest BCUT2D eigenvalue weighted by Crippen LogP contribution is 2.24. The van der Waals surface area contributed by atoms with E-state index in [4.69, 9.17) is 5.73 Å². The molecule has 0 saturated carbocycles. The number of carbonyl (C=O) groups excluding carboxylic acids is 1. The van der Waals surface area contributed by atoms with Crippen LogP contribution in [0.1, 0.15) is 29.6 Å². The molecule has 2 aliphatic rings. The van der Waals surface area contributed by atoms with E-state index in [1.807, 2.05) is 18.8 Å². The van der Waals surface area contributed by atoms with Gasteiger partial charge in [0.25, 0.3) is 5.91 Å². The Morgan fingerprint density at radius 1 is 1.28 bits per heavy atom. The molecule has 6 nitrogen and oxygen atoms in total. The van der Waals surface area contributed by atoms with E-state index in [-0.39, 0.29) is 22.9 Å². The number of sulfonamides is 1. The van der Waals surface area contributed by atoms with Gasteiger partial charge in [0.15, 0.2) is 0 Å². The van der Waals surface area contributed by atoms with Crippen LogP contribution in [0.15, 0.2) is 29.2 Å². The highest BCUT2D eigenvalue weighted by atomic mass is 32.2. The van der Waals surface area contributed by atoms with Crippen molar-refractivity contribution < 1.29 is 13.2 Å². The molecule has 2 N–H and O–H groups in total. The molecular formula is C17H25N3O3S2. The lowest BCUT2D eigenvalue weighted by Crippen LogP contribution is -2.39. The van der Waals surface area contributed by atoms with Gasteiger partial charge in [-0.15, -0.1) is 0 Å². The van der Waals surface area contributed by atoms with E-state index in [1.165, 1.54) is 10.4 Å². The van der Waals surface area contributed by atoms with Crippen LogP contribution in [-0.2, 0) is 10.0 Å². The molecule has 1 aromatic carbocycles. The first-order valence-corrected chi connectivity index (χ1v) is 11.2. The molecule has 1 aromatic rings. The van der Waals surface area contributed by atoms with E-state index < -0.39 is 10.0 Å². The zero-order valence-corrected chi connectivity index (χ0v) is 16.1. The molecule has 0 aromatic heterocycles. The van der Waals surface area contributed by atoms with Gasteiger partial charge in [0.05, 0.1) is 4.90 Å². The van der Waals surface area contributed by atoms with Crippen LogP contribution in [0.2, 0.25) is 0 Å². The molecule has 8 heteroatoms. The second kappa shape index (κ2) is 7.65. The number of rotatable bonds is 4. The summed E-state index contributed by atoms with van der Waals surface area (Å²) in [7, 11) is -1.79. The highest BCUT2D eigenvalue weighted by molar-refractivity contribution is 7.99. The summed E-state index contributed by atoms with van der Waals surface area (Å²) in [5, 5.41) is 0. The van der Waals surface area contributed by atoms with Gasteiger partial charge in [-0.1, -0.05) is 6.07 Å². The number of hydrogen-bond donors (Lipinski definition) is 1. The molecule has 138 valence electrons. The summed E-state index contributed by atoms with van der Waals surface area (Å²) in [5.41, 5.74) is 6.25. The second-order valence-corrected chi connectivity index (χ2v) is 9.86. The smallest absolute Gasteiger partial charge is 0.253 e. The molecule has 1 amide bonds. The zero-order valence-electron chi connectivity index (χ0n) is 14.4. The predicted octanol–water partition coefficient (Wildman–Crippen LogP) is 1.38. The van der Waals surface area contributed by atoms with Crippen molar-refractivity contribution in [3.63, 3.8) is 0 Å². The largest absolute Gasteiger partial charge is 0.339 e. The maximum atomic E-state index is 12.8. The lowest BCUT2D eigenvalue weighted by atomic mass is 10.1. The lowest BCUT2D eigenvalue weighted by molar-refractivity contribution is 0.0723. The van der Waals surface area contributed by atoms with Crippen molar-refractivity contribution >= 4 is 27.7 Å². The molecule has 3 rings (SSSR count). The van der Waals surface area contributed by atoms with Crippen LogP contribution < -0.4 is 5.73 Å². The van der Waals surface area contributed by atoms with Gasteiger partial charge in [-0.25, -0.2) is 8.42 Å². The Labute approximate surface area is 153 Å². The van der Waals surface area contributed by atoms with Crippen LogP contribution >= 0.6 is 11.8 Å². The minimum atomic E-state index is -3.60. The van der Waals surface area contributed by atoms with E-state index in [0.717, 1.165) is 24.3 Å². The highest BCUT2D eigenvalue weighted by Gasteiger charge is 2.31. The SMILES string of the molecule is CN(C(=O)c1cccc(S(=O)(=O)N2CC[C@H](N)C2)c1)C1CCSCC1. The number of nitrogens with zero attached hydrogens (tertiary/aromatic N) is 2. The van der Waals surface area contributed by atoms with Crippen molar-refractivity contribution in [1.29, 1.82) is 0 Å². The van der Waals surface area contributed by atoms with Crippen LogP contribution in [0.4, 0.5) is 0 Å². The Morgan fingerprint density at radius 3 is 2.64 bits per heavy atom. The molecule has 2 saturated heterocycles. The van der Waals surface area contributed by atoms with Crippen molar-refractivity contribution in [2.24, 2.45) is 5.73 Å². The van der Waals surface area contributed by atoms with E-state index in [1.54, 1.807) is 23.1 Å². The molecule has 0 spiro atoms. The summed E-state index contributed by atoms with van der Waals surface area (Å²) < 4.78 is 26.9. The fraction of sp³-hybridized carbons (Fsp3) is 0.588. The van der Waals surface area contributed by atoms with Crippen molar-refractivity contribution in [1.82, 2.24) is 9.21 Å². The van der Waals surface area contributed by atoms with E-state index >= 15 is 0 Å². The number of amides is 1. The fourth-order valence-electron chi connectivity index (χ4n) is 3.35. The molecule has 2 heterocycles. The van der Waals surface area contributed by atoms with E-state index in [0.29, 0.717) is 25.1 Å². The zero-order chi connectivity index (χ0) is 18.0. The molecule has 0 unspecified atom stereocenters. The van der Waals surface area contributed by atoms with Crippen LogP contribution in [0, 0.1) is 0 Å². The Balaban J connectivity index is 1.80. The Morgan fingerprint density at radius 2 is 2.00 bits per heavy atom. The normalized spacial score (nSPS) is 22.9. The van der Waals surface area contributed by atoms with E-state index in [9.17, 15) is 13.2 Å². The van der Waals surface area contributed by atoms with Crippen molar-refractivity contribution in [3.8, 4) is 0 Å². The van der Waals surface area contributed by atoms with Crippen molar-refractivity contribution in [2.45, 2.75) is 36.2 Å². The molecule has 1 atom stereocenters. The van der Waals surface area contributed by atoms with Gasteiger partial charge in [-0.05, 0) is 49.0 Å². The predicted molar refractivity (Wildman–Crippen MR) is 100 cm³/mol. The molecule has 25 heavy (non-hydrogen) atoms. The standard InChI is InChI=1S/C17H25N3O3S2/c1-19(15-6-9-24-10-7-15)17(21)13-3-2-4-16(11-13)25(22,23)20-8-5-14(18)12-20/h2-4,11,14-15H,5-10,12,18H2,1H3/t14-/m0/s1. The van der Waals surface area contributed by atoms with E-state index in [2.05, 4.69) is 0 Å². The maximum absolute atomic E-state index is 12.8. The summed E-state index contributed by atoms with van der Waals surface area (Å²) in [6, 6.07) is 6.48. The second-order valence-electron chi connectivity index (χ2n) is 6.70. The fourth-order valence-corrected chi connectivity index (χ4v) is 5.99. The average molecular weight is 384 g/mol. The Bertz CT molecular complexity index is 732. The molecule has 0 aliphatic carbocycles. The van der Waals surface area contributed by atoms with Gasteiger partial charge in [-0.2, -0.15) is 16.1 Å². The summed E-state index contributed by atoms with van der Waals surface area (Å²) in [6.45, 7) is 0.765. The van der Waals surface area contributed by atoms with Gasteiger partial charge < -0.3 is 10.6 Å². The van der Waals surface area contributed by atoms with Gasteiger partial charge in [-0.3, -0.25) is 4.79 Å². The minimum Gasteiger partial charge on any atom is -0.339 e. The topological polar surface area (TPSA) is 83.7 Å². The third-order valence-corrected chi connectivity index (χ3v) is 7.87. The van der Waals surface area contributed by atoms with Crippen LogP contribution in [-0.4, -0.2) is 67.3 Å². The summed E-state index contributed by atoms with van der Waals surface area (Å²) in [5.74, 6) is 2.00. The summed E-state index contributed by atoms with van der Waals surface area (Å²) >= 11 is 1.91. The third-order valence-electron chi connectivity index (χ3n) is 4.97. The van der Waals surface area contributed by atoms with Gasteiger partial charge in [0.1, 0.15) is 0 Å². The first-order valence-electron chi connectivity index (χ1n) is 8.60. The van der Waals surface area contributed by atoms with Crippen LogP contribution in [0.5, 0.6) is 0 Å². The first kappa shape index (κ1) is 18.7. The van der Waals surface area contributed by atoms with Gasteiger partial charge in [0, 0.05) is 37.8 Å². The molecule has 0 bridgehead atoms. The maximum Gasteiger partial charge on any atom is 0.253 e. The molecular weight excluding hydrogens is 358 g/mol. The van der Waals surface area contributed by atoms with Crippen molar-refractivity contribution in [2.75, 3.05) is 31.6 Å².